The molecule has 0 amide bonds. The molecule has 3 rings (SSSR count). The largest absolute Gasteiger partial charge is 0.322 e. The summed E-state index contributed by atoms with van der Waals surface area (Å²) in [6.07, 6.45) is 3.58. The first-order chi connectivity index (χ1) is 8.77. The molecule has 0 saturated heterocycles. The van der Waals surface area contributed by atoms with Crippen LogP contribution in [0, 0.1) is 0 Å². The third-order valence-electron chi connectivity index (χ3n) is 2.90. The standard InChI is InChI=1S/C14H14N4/c1-10(15)14-17-12-6-2-3-7-13(12)18(14)11-5-4-8-16-9-11/h2-10H,15H2,1H3/t10-/m0/s1. The van der Waals surface area contributed by atoms with E-state index >= 15 is 0 Å². The fraction of sp³-hybridized carbons (Fsp3) is 0.143. The van der Waals surface area contributed by atoms with E-state index in [1.54, 1.807) is 6.20 Å². The molecule has 0 unspecified atom stereocenters. The number of nitrogens with two attached hydrogens (primary N) is 1. The highest BCUT2D eigenvalue weighted by Crippen LogP contribution is 2.23. The van der Waals surface area contributed by atoms with E-state index in [2.05, 4.69) is 14.5 Å². The van der Waals surface area contributed by atoms with Crippen molar-refractivity contribution in [3.8, 4) is 5.69 Å². The van der Waals surface area contributed by atoms with Gasteiger partial charge in [0, 0.05) is 6.20 Å². The van der Waals surface area contributed by atoms with Crippen molar-refractivity contribution in [1.82, 2.24) is 14.5 Å². The van der Waals surface area contributed by atoms with Crippen molar-refractivity contribution < 1.29 is 0 Å². The molecule has 2 N–H and O–H groups in total. The van der Waals surface area contributed by atoms with Gasteiger partial charge in [-0.1, -0.05) is 12.1 Å². The minimum atomic E-state index is -0.127. The Morgan fingerprint density at radius 3 is 2.72 bits per heavy atom. The van der Waals surface area contributed by atoms with Crippen molar-refractivity contribution in [3.05, 3.63) is 54.6 Å². The Kier molecular flexibility index (Phi) is 2.57. The van der Waals surface area contributed by atoms with Crippen molar-refractivity contribution in [2.24, 2.45) is 5.73 Å². The van der Waals surface area contributed by atoms with E-state index < -0.39 is 0 Å². The van der Waals surface area contributed by atoms with Gasteiger partial charge in [0.1, 0.15) is 5.82 Å². The van der Waals surface area contributed by atoms with Gasteiger partial charge in [0.2, 0.25) is 0 Å². The van der Waals surface area contributed by atoms with Crippen LogP contribution in [-0.2, 0) is 0 Å². The number of aromatic nitrogens is 3. The fourth-order valence-electron chi connectivity index (χ4n) is 2.11. The molecule has 0 aliphatic heterocycles. The van der Waals surface area contributed by atoms with Crippen molar-refractivity contribution in [1.29, 1.82) is 0 Å². The molecule has 0 radical (unpaired) electrons. The van der Waals surface area contributed by atoms with Crippen molar-refractivity contribution in [3.63, 3.8) is 0 Å². The van der Waals surface area contributed by atoms with Crippen LogP contribution in [0.2, 0.25) is 0 Å². The summed E-state index contributed by atoms with van der Waals surface area (Å²) >= 11 is 0. The first kappa shape index (κ1) is 10.9. The molecule has 1 aromatic carbocycles. The summed E-state index contributed by atoms with van der Waals surface area (Å²) in [5.41, 5.74) is 9.00. The van der Waals surface area contributed by atoms with Gasteiger partial charge in [-0.3, -0.25) is 9.55 Å². The molecule has 4 heteroatoms. The number of hydrogen-bond donors (Lipinski definition) is 1. The average Bonchev–Trinajstić information content (AvgIpc) is 2.79. The SMILES string of the molecule is C[C@H](N)c1nc2ccccc2n1-c1cccnc1. The molecular formula is C14H14N4. The molecule has 0 bridgehead atoms. The minimum absolute atomic E-state index is 0.127. The topological polar surface area (TPSA) is 56.7 Å². The second-order valence-corrected chi connectivity index (χ2v) is 4.29. The molecule has 0 fully saturated rings. The number of para-hydroxylation sites is 2. The van der Waals surface area contributed by atoms with Crippen LogP contribution >= 0.6 is 0 Å². The fourth-order valence-corrected chi connectivity index (χ4v) is 2.11. The van der Waals surface area contributed by atoms with Crippen LogP contribution < -0.4 is 5.73 Å². The number of pyridine rings is 1. The monoisotopic (exact) mass is 238 g/mol. The summed E-state index contributed by atoms with van der Waals surface area (Å²) < 4.78 is 2.06. The van der Waals surface area contributed by atoms with Crippen LogP contribution in [0.1, 0.15) is 18.8 Å². The number of nitrogens with zero attached hydrogens (tertiary/aromatic N) is 3. The quantitative estimate of drug-likeness (QED) is 0.746. The van der Waals surface area contributed by atoms with Crippen molar-refractivity contribution >= 4 is 11.0 Å². The zero-order chi connectivity index (χ0) is 12.5. The summed E-state index contributed by atoms with van der Waals surface area (Å²) in [5.74, 6) is 0.851. The van der Waals surface area contributed by atoms with Gasteiger partial charge in [0.05, 0.1) is 29.0 Å². The maximum Gasteiger partial charge on any atom is 0.131 e. The summed E-state index contributed by atoms with van der Waals surface area (Å²) in [6, 6.07) is 11.8. The Morgan fingerprint density at radius 2 is 2.00 bits per heavy atom. The van der Waals surface area contributed by atoms with Gasteiger partial charge in [-0.2, -0.15) is 0 Å². The van der Waals surface area contributed by atoms with Gasteiger partial charge in [0.15, 0.2) is 0 Å². The summed E-state index contributed by atoms with van der Waals surface area (Å²) in [5, 5.41) is 0. The van der Waals surface area contributed by atoms with Gasteiger partial charge < -0.3 is 5.73 Å². The van der Waals surface area contributed by atoms with E-state index in [9.17, 15) is 0 Å². The maximum atomic E-state index is 6.01. The molecule has 0 saturated carbocycles. The Balaban J connectivity index is 2.35. The predicted molar refractivity (Wildman–Crippen MR) is 71.5 cm³/mol. The first-order valence-corrected chi connectivity index (χ1v) is 5.91. The van der Waals surface area contributed by atoms with Crippen molar-refractivity contribution in [2.45, 2.75) is 13.0 Å². The van der Waals surface area contributed by atoms with Crippen LogP contribution in [0.5, 0.6) is 0 Å². The van der Waals surface area contributed by atoms with E-state index in [0.717, 1.165) is 22.5 Å². The lowest BCUT2D eigenvalue weighted by Crippen LogP contribution is -2.12. The molecule has 3 aromatic rings. The average molecular weight is 238 g/mol. The van der Waals surface area contributed by atoms with Crippen LogP contribution in [-0.4, -0.2) is 14.5 Å². The Hall–Kier alpha value is -2.20. The van der Waals surface area contributed by atoms with Gasteiger partial charge in [0.25, 0.3) is 0 Å². The van der Waals surface area contributed by atoms with E-state index in [1.807, 2.05) is 49.5 Å². The zero-order valence-electron chi connectivity index (χ0n) is 10.1. The van der Waals surface area contributed by atoms with E-state index in [-0.39, 0.29) is 6.04 Å². The lowest BCUT2D eigenvalue weighted by molar-refractivity contribution is 0.726. The highest BCUT2D eigenvalue weighted by Gasteiger charge is 2.14. The smallest absolute Gasteiger partial charge is 0.131 e. The third kappa shape index (κ3) is 1.67. The normalized spacial score (nSPS) is 12.8. The highest BCUT2D eigenvalue weighted by atomic mass is 15.1. The van der Waals surface area contributed by atoms with Crippen LogP contribution in [0.4, 0.5) is 0 Å². The Morgan fingerprint density at radius 1 is 1.17 bits per heavy atom. The Bertz CT molecular complexity index is 671. The third-order valence-corrected chi connectivity index (χ3v) is 2.90. The van der Waals surface area contributed by atoms with E-state index in [4.69, 9.17) is 5.73 Å². The highest BCUT2D eigenvalue weighted by molar-refractivity contribution is 5.78. The minimum Gasteiger partial charge on any atom is -0.322 e. The number of benzene rings is 1. The molecule has 90 valence electrons. The molecule has 2 heterocycles. The second kappa shape index (κ2) is 4.23. The number of hydrogen-bond acceptors (Lipinski definition) is 3. The zero-order valence-corrected chi connectivity index (χ0v) is 10.1. The molecular weight excluding hydrogens is 224 g/mol. The van der Waals surface area contributed by atoms with Gasteiger partial charge in [-0.05, 0) is 31.2 Å². The second-order valence-electron chi connectivity index (χ2n) is 4.29. The number of imidazole rings is 1. The lowest BCUT2D eigenvalue weighted by atomic mass is 10.3. The summed E-state index contributed by atoms with van der Waals surface area (Å²) in [4.78, 5) is 8.76. The summed E-state index contributed by atoms with van der Waals surface area (Å²) in [6.45, 7) is 1.94. The molecule has 18 heavy (non-hydrogen) atoms. The predicted octanol–water partition coefficient (Wildman–Crippen LogP) is 2.44. The van der Waals surface area contributed by atoms with Gasteiger partial charge >= 0.3 is 0 Å². The Labute approximate surface area is 105 Å². The van der Waals surface area contributed by atoms with Crippen LogP contribution in [0.15, 0.2) is 48.8 Å². The van der Waals surface area contributed by atoms with E-state index in [1.165, 1.54) is 0 Å². The lowest BCUT2D eigenvalue weighted by Gasteiger charge is -2.10. The molecule has 0 aliphatic rings. The molecule has 0 spiro atoms. The number of rotatable bonds is 2. The molecule has 1 atom stereocenters. The van der Waals surface area contributed by atoms with Crippen LogP contribution in [0.3, 0.4) is 0 Å². The molecule has 2 aromatic heterocycles. The van der Waals surface area contributed by atoms with Crippen LogP contribution in [0.25, 0.3) is 16.7 Å². The van der Waals surface area contributed by atoms with E-state index in [0.29, 0.717) is 0 Å². The molecule has 0 aliphatic carbocycles. The molecule has 4 nitrogen and oxygen atoms in total. The van der Waals surface area contributed by atoms with Gasteiger partial charge in [-0.15, -0.1) is 0 Å². The van der Waals surface area contributed by atoms with Crippen molar-refractivity contribution in [2.75, 3.05) is 0 Å². The van der Waals surface area contributed by atoms with Gasteiger partial charge in [-0.25, -0.2) is 4.98 Å². The number of fused-ring (bicyclic) bond motifs is 1. The first-order valence-electron chi connectivity index (χ1n) is 5.91. The summed E-state index contributed by atoms with van der Waals surface area (Å²) in [7, 11) is 0. The maximum absolute atomic E-state index is 6.01.